The summed E-state index contributed by atoms with van der Waals surface area (Å²) in [6.45, 7) is 3.65. The summed E-state index contributed by atoms with van der Waals surface area (Å²) in [4.78, 5) is 12.5. The molecule has 0 saturated carbocycles. The molecule has 1 atom stereocenters. The van der Waals surface area contributed by atoms with Gasteiger partial charge in [0.2, 0.25) is 0 Å². The summed E-state index contributed by atoms with van der Waals surface area (Å²) in [5, 5.41) is 14.1. The highest BCUT2D eigenvalue weighted by Gasteiger charge is 2.63. The van der Waals surface area contributed by atoms with Crippen LogP contribution in [0.15, 0.2) is 29.4 Å². The van der Waals surface area contributed by atoms with Crippen molar-refractivity contribution in [2.24, 2.45) is 11.0 Å². The number of amides is 1. The van der Waals surface area contributed by atoms with E-state index < -0.39 is 24.2 Å². The normalized spacial score (nSPS) is 21.2. The number of hydrogen-bond donors (Lipinski definition) is 1. The molecular formula is C16H19F3N2O3. The van der Waals surface area contributed by atoms with Crippen LogP contribution in [0.1, 0.15) is 37.0 Å². The highest BCUT2D eigenvalue weighted by atomic mass is 19.4. The molecule has 1 amide bonds. The van der Waals surface area contributed by atoms with Crippen LogP contribution >= 0.6 is 0 Å². The van der Waals surface area contributed by atoms with Crippen LogP contribution in [0.2, 0.25) is 0 Å². The number of hydrogen-bond acceptors (Lipinski definition) is 4. The lowest BCUT2D eigenvalue weighted by Gasteiger charge is -2.32. The van der Waals surface area contributed by atoms with E-state index in [0.29, 0.717) is 5.75 Å². The fraction of sp³-hybridized carbons (Fsp3) is 0.500. The number of methoxy groups -OCH3 is 1. The van der Waals surface area contributed by atoms with Crippen molar-refractivity contribution < 1.29 is 27.8 Å². The van der Waals surface area contributed by atoms with Gasteiger partial charge in [0.1, 0.15) is 5.75 Å². The van der Waals surface area contributed by atoms with Crippen LogP contribution < -0.4 is 4.74 Å². The van der Waals surface area contributed by atoms with E-state index >= 15 is 0 Å². The Kier molecular flexibility index (Phi) is 4.89. The van der Waals surface area contributed by atoms with Gasteiger partial charge >= 0.3 is 6.18 Å². The van der Waals surface area contributed by atoms with Gasteiger partial charge in [-0.05, 0) is 36.6 Å². The molecule has 0 aliphatic carbocycles. The maximum Gasteiger partial charge on any atom is 0.438 e. The number of rotatable bonds is 4. The Bertz CT molecular complexity index is 641. The van der Waals surface area contributed by atoms with Crippen LogP contribution in [0, 0.1) is 5.92 Å². The summed E-state index contributed by atoms with van der Waals surface area (Å²) in [5.41, 5.74) is -3.20. The molecule has 1 aromatic rings. The van der Waals surface area contributed by atoms with E-state index in [1.165, 1.54) is 31.4 Å². The second kappa shape index (κ2) is 6.43. The minimum atomic E-state index is -5.02. The molecule has 8 heteroatoms. The first-order valence-electron chi connectivity index (χ1n) is 7.42. The van der Waals surface area contributed by atoms with Crippen molar-refractivity contribution in [3.63, 3.8) is 0 Å². The molecule has 1 aliphatic heterocycles. The number of aliphatic hydroxyl groups is 1. The van der Waals surface area contributed by atoms with Gasteiger partial charge in [-0.2, -0.15) is 23.3 Å². The molecule has 0 saturated heterocycles. The molecule has 1 aliphatic rings. The largest absolute Gasteiger partial charge is 0.497 e. The summed E-state index contributed by atoms with van der Waals surface area (Å²) >= 11 is 0. The van der Waals surface area contributed by atoms with Crippen molar-refractivity contribution in [1.29, 1.82) is 0 Å². The summed E-state index contributed by atoms with van der Waals surface area (Å²) in [6.07, 6.45) is -5.49. The summed E-state index contributed by atoms with van der Waals surface area (Å²) in [7, 11) is 1.43. The van der Waals surface area contributed by atoms with Crippen molar-refractivity contribution in [2.75, 3.05) is 7.11 Å². The number of ether oxygens (including phenoxy) is 1. The minimum Gasteiger partial charge on any atom is -0.497 e. The van der Waals surface area contributed by atoms with Crippen LogP contribution in [0.5, 0.6) is 5.75 Å². The zero-order valence-corrected chi connectivity index (χ0v) is 13.6. The van der Waals surface area contributed by atoms with Gasteiger partial charge in [0.15, 0.2) is 0 Å². The Morgan fingerprint density at radius 3 is 2.42 bits per heavy atom. The third kappa shape index (κ3) is 3.38. The molecule has 0 fully saturated rings. The summed E-state index contributed by atoms with van der Waals surface area (Å²) < 4.78 is 45.0. The standard InChI is InChI=1S/C16H19F3N2O3/c1-10(2)8-12-9-15(23,16(17,18)19)21(20-12)14(22)11-4-6-13(24-3)7-5-11/h4-7,10,23H,8-9H2,1-3H3. The molecule has 0 aromatic heterocycles. The Labute approximate surface area is 137 Å². The predicted molar refractivity (Wildman–Crippen MR) is 81.7 cm³/mol. The summed E-state index contributed by atoms with van der Waals surface area (Å²) in [5.74, 6) is -0.503. The second-order valence-corrected chi connectivity index (χ2v) is 6.10. The first-order chi connectivity index (χ1) is 11.1. The van der Waals surface area contributed by atoms with E-state index in [-0.39, 0.29) is 28.6 Å². The SMILES string of the molecule is COc1ccc(C(=O)N2N=C(CC(C)C)CC2(O)C(F)(F)F)cc1. The first-order valence-corrected chi connectivity index (χ1v) is 7.42. The Morgan fingerprint density at radius 2 is 1.96 bits per heavy atom. The van der Waals surface area contributed by atoms with Crippen molar-refractivity contribution in [3.05, 3.63) is 29.8 Å². The maximum atomic E-state index is 13.4. The van der Waals surface area contributed by atoms with Gasteiger partial charge < -0.3 is 9.84 Å². The lowest BCUT2D eigenvalue weighted by Crippen LogP contribution is -2.56. The molecule has 24 heavy (non-hydrogen) atoms. The average Bonchev–Trinajstić information content (AvgIpc) is 2.83. The number of alkyl halides is 3. The third-order valence-electron chi connectivity index (χ3n) is 3.67. The first kappa shape index (κ1) is 18.3. The summed E-state index contributed by atoms with van der Waals surface area (Å²) in [6, 6.07) is 5.56. The zero-order chi connectivity index (χ0) is 18.1. The van der Waals surface area contributed by atoms with Gasteiger partial charge in [-0.25, -0.2) is 0 Å². The maximum absolute atomic E-state index is 13.4. The van der Waals surface area contributed by atoms with E-state index in [1.807, 2.05) is 13.8 Å². The van der Waals surface area contributed by atoms with Crippen LogP contribution in [-0.2, 0) is 0 Å². The van der Waals surface area contributed by atoms with Crippen LogP contribution in [0.25, 0.3) is 0 Å². The van der Waals surface area contributed by atoms with E-state index in [1.54, 1.807) is 0 Å². The molecule has 1 heterocycles. The van der Waals surface area contributed by atoms with Gasteiger partial charge in [0, 0.05) is 17.7 Å². The topological polar surface area (TPSA) is 62.1 Å². The van der Waals surface area contributed by atoms with E-state index in [0.717, 1.165) is 0 Å². The highest BCUT2D eigenvalue weighted by Crippen LogP contribution is 2.41. The van der Waals surface area contributed by atoms with Crippen LogP contribution in [-0.4, -0.2) is 40.7 Å². The van der Waals surface area contributed by atoms with Gasteiger partial charge in [0.25, 0.3) is 11.6 Å². The molecular weight excluding hydrogens is 325 g/mol. The lowest BCUT2D eigenvalue weighted by molar-refractivity contribution is -0.297. The fourth-order valence-corrected chi connectivity index (χ4v) is 2.49. The zero-order valence-electron chi connectivity index (χ0n) is 13.6. The number of nitrogens with zero attached hydrogens (tertiary/aromatic N) is 2. The van der Waals surface area contributed by atoms with Crippen LogP contribution in [0.4, 0.5) is 13.2 Å². The fourth-order valence-electron chi connectivity index (χ4n) is 2.49. The Morgan fingerprint density at radius 1 is 1.38 bits per heavy atom. The minimum absolute atomic E-state index is 0.0204. The van der Waals surface area contributed by atoms with Gasteiger partial charge in [-0.1, -0.05) is 13.8 Å². The average molecular weight is 344 g/mol. The second-order valence-electron chi connectivity index (χ2n) is 6.10. The molecule has 132 valence electrons. The predicted octanol–water partition coefficient (Wildman–Crippen LogP) is 3.19. The number of hydrazone groups is 1. The van der Waals surface area contributed by atoms with Crippen LogP contribution in [0.3, 0.4) is 0 Å². The number of carbonyl (C=O) groups is 1. The molecule has 1 aromatic carbocycles. The van der Waals surface area contributed by atoms with E-state index in [4.69, 9.17) is 4.74 Å². The molecule has 1 N–H and O–H groups in total. The monoisotopic (exact) mass is 344 g/mol. The number of benzene rings is 1. The quantitative estimate of drug-likeness (QED) is 0.912. The molecule has 5 nitrogen and oxygen atoms in total. The highest BCUT2D eigenvalue weighted by molar-refractivity contribution is 5.98. The van der Waals surface area contributed by atoms with Crippen molar-refractivity contribution >= 4 is 11.6 Å². The third-order valence-corrected chi connectivity index (χ3v) is 3.67. The van der Waals surface area contributed by atoms with Crippen molar-refractivity contribution in [3.8, 4) is 5.75 Å². The molecule has 1 unspecified atom stereocenters. The molecule has 0 spiro atoms. The van der Waals surface area contributed by atoms with Crippen molar-refractivity contribution in [1.82, 2.24) is 5.01 Å². The Hall–Kier alpha value is -2.09. The van der Waals surface area contributed by atoms with E-state index in [9.17, 15) is 23.1 Å². The molecule has 0 bridgehead atoms. The lowest BCUT2D eigenvalue weighted by atomic mass is 9.99. The van der Waals surface area contributed by atoms with Crippen molar-refractivity contribution in [2.45, 2.75) is 38.6 Å². The molecule has 2 rings (SSSR count). The van der Waals surface area contributed by atoms with Gasteiger partial charge in [-0.15, -0.1) is 0 Å². The molecule has 0 radical (unpaired) electrons. The van der Waals surface area contributed by atoms with E-state index in [2.05, 4.69) is 5.10 Å². The van der Waals surface area contributed by atoms with Gasteiger partial charge in [0.05, 0.1) is 7.11 Å². The smallest absolute Gasteiger partial charge is 0.438 e. The Balaban J connectivity index is 2.37. The number of carbonyl (C=O) groups excluding carboxylic acids is 1. The number of halogens is 3. The van der Waals surface area contributed by atoms with Gasteiger partial charge in [-0.3, -0.25) is 4.79 Å².